The number of nitro groups is 1. The van der Waals surface area contributed by atoms with Crippen molar-refractivity contribution in [2.45, 2.75) is 0 Å². The molecule has 0 aliphatic rings. The number of nitrogens with one attached hydrogen (secondary N) is 1. The topological polar surface area (TPSA) is 75.4 Å². The lowest BCUT2D eigenvalue weighted by atomic mass is 10.3. The second kappa shape index (κ2) is 4.78. The molecule has 0 saturated heterocycles. The summed E-state index contributed by atoms with van der Waals surface area (Å²) in [6.45, 7) is 0.338. The molecule has 0 fully saturated rings. The SMILES string of the molecule is O=[N+]([O-])c1ccc(NCCO)c(Cl)c1. The Bertz CT molecular complexity index is 343. The molecular formula is C8H9ClN2O3. The summed E-state index contributed by atoms with van der Waals surface area (Å²) in [5.41, 5.74) is 0.524. The molecule has 14 heavy (non-hydrogen) atoms. The van der Waals surface area contributed by atoms with E-state index in [0.717, 1.165) is 0 Å². The van der Waals surface area contributed by atoms with Gasteiger partial charge in [0.05, 0.1) is 22.2 Å². The van der Waals surface area contributed by atoms with Gasteiger partial charge in [0, 0.05) is 18.7 Å². The van der Waals surface area contributed by atoms with Gasteiger partial charge in [0.1, 0.15) is 0 Å². The van der Waals surface area contributed by atoms with Crippen molar-refractivity contribution >= 4 is 23.0 Å². The first-order chi connectivity index (χ1) is 6.65. The van der Waals surface area contributed by atoms with Crippen LogP contribution in [0.5, 0.6) is 0 Å². The van der Waals surface area contributed by atoms with Crippen molar-refractivity contribution < 1.29 is 10.0 Å². The lowest BCUT2D eigenvalue weighted by Crippen LogP contribution is -2.05. The Morgan fingerprint density at radius 3 is 2.79 bits per heavy atom. The molecule has 0 aliphatic carbocycles. The van der Waals surface area contributed by atoms with Crippen LogP contribution < -0.4 is 5.32 Å². The van der Waals surface area contributed by atoms with Crippen molar-refractivity contribution in [3.05, 3.63) is 33.3 Å². The largest absolute Gasteiger partial charge is 0.395 e. The number of aliphatic hydroxyl groups excluding tert-OH is 1. The number of nitrogens with zero attached hydrogens (tertiary/aromatic N) is 1. The van der Waals surface area contributed by atoms with Gasteiger partial charge in [-0.3, -0.25) is 10.1 Å². The molecule has 1 rings (SSSR count). The van der Waals surface area contributed by atoms with E-state index in [4.69, 9.17) is 16.7 Å². The van der Waals surface area contributed by atoms with Gasteiger partial charge in [0.25, 0.3) is 5.69 Å². The fourth-order valence-corrected chi connectivity index (χ4v) is 1.19. The highest BCUT2D eigenvalue weighted by molar-refractivity contribution is 6.33. The highest BCUT2D eigenvalue weighted by Crippen LogP contribution is 2.26. The minimum Gasteiger partial charge on any atom is -0.395 e. The minimum atomic E-state index is -0.512. The summed E-state index contributed by atoms with van der Waals surface area (Å²) < 4.78 is 0. The minimum absolute atomic E-state index is 0.0205. The molecular weight excluding hydrogens is 208 g/mol. The zero-order valence-electron chi connectivity index (χ0n) is 7.24. The van der Waals surface area contributed by atoms with Crippen molar-refractivity contribution in [1.82, 2.24) is 0 Å². The zero-order chi connectivity index (χ0) is 10.6. The molecule has 0 unspecified atom stereocenters. The van der Waals surface area contributed by atoms with E-state index in [2.05, 4.69) is 5.32 Å². The van der Waals surface area contributed by atoms with Gasteiger partial charge in [-0.25, -0.2) is 0 Å². The summed E-state index contributed by atoms with van der Waals surface area (Å²) >= 11 is 5.76. The van der Waals surface area contributed by atoms with Crippen molar-refractivity contribution in [3.63, 3.8) is 0 Å². The first kappa shape index (κ1) is 10.7. The number of benzene rings is 1. The van der Waals surface area contributed by atoms with Crippen LogP contribution in [0.25, 0.3) is 0 Å². The van der Waals surface area contributed by atoms with E-state index in [1.807, 2.05) is 0 Å². The maximum Gasteiger partial charge on any atom is 0.271 e. The number of nitro benzene ring substituents is 1. The highest BCUT2D eigenvalue weighted by Gasteiger charge is 2.08. The van der Waals surface area contributed by atoms with Gasteiger partial charge in [-0.15, -0.1) is 0 Å². The lowest BCUT2D eigenvalue weighted by molar-refractivity contribution is -0.384. The van der Waals surface area contributed by atoms with Gasteiger partial charge in [-0.1, -0.05) is 11.6 Å². The molecule has 0 bridgehead atoms. The number of non-ortho nitro benzene ring substituents is 1. The quantitative estimate of drug-likeness (QED) is 0.593. The van der Waals surface area contributed by atoms with Crippen LogP contribution in [0.2, 0.25) is 5.02 Å². The van der Waals surface area contributed by atoms with Crippen molar-refractivity contribution in [2.24, 2.45) is 0 Å². The molecule has 1 aromatic rings. The highest BCUT2D eigenvalue weighted by atomic mass is 35.5. The maximum absolute atomic E-state index is 10.4. The Hall–Kier alpha value is -1.33. The molecule has 0 aromatic heterocycles. The molecule has 5 nitrogen and oxygen atoms in total. The number of hydrogen-bond donors (Lipinski definition) is 2. The average molecular weight is 217 g/mol. The molecule has 0 spiro atoms. The Labute approximate surface area is 85.5 Å². The summed E-state index contributed by atoms with van der Waals surface area (Å²) in [7, 11) is 0. The second-order valence-electron chi connectivity index (χ2n) is 2.57. The Morgan fingerprint density at radius 2 is 2.29 bits per heavy atom. The zero-order valence-corrected chi connectivity index (χ0v) is 7.99. The standard InChI is InChI=1S/C8H9ClN2O3/c9-7-5-6(11(13)14)1-2-8(7)10-3-4-12/h1-2,5,10,12H,3-4H2. The van der Waals surface area contributed by atoms with E-state index in [0.29, 0.717) is 12.2 Å². The van der Waals surface area contributed by atoms with Crippen molar-refractivity contribution in [2.75, 3.05) is 18.5 Å². The van der Waals surface area contributed by atoms with Crippen molar-refractivity contribution in [3.8, 4) is 0 Å². The van der Waals surface area contributed by atoms with E-state index in [1.54, 1.807) is 0 Å². The van der Waals surface area contributed by atoms with Crippen molar-refractivity contribution in [1.29, 1.82) is 0 Å². The molecule has 1 aromatic carbocycles. The lowest BCUT2D eigenvalue weighted by Gasteiger charge is -2.05. The predicted molar refractivity (Wildman–Crippen MR) is 53.7 cm³/mol. The van der Waals surface area contributed by atoms with E-state index in [-0.39, 0.29) is 17.3 Å². The number of anilines is 1. The van der Waals surface area contributed by atoms with Gasteiger partial charge in [-0.05, 0) is 6.07 Å². The molecule has 0 aliphatic heterocycles. The summed E-state index contributed by atoms with van der Waals surface area (Å²) in [5, 5.41) is 22.0. The van der Waals surface area contributed by atoms with E-state index in [9.17, 15) is 10.1 Å². The predicted octanol–water partition coefficient (Wildman–Crippen LogP) is 1.65. The molecule has 6 heteroatoms. The first-order valence-corrected chi connectivity index (χ1v) is 4.31. The summed E-state index contributed by atoms with van der Waals surface area (Å²) in [6.07, 6.45) is 0. The Balaban J connectivity index is 2.84. The third-order valence-corrected chi connectivity index (χ3v) is 1.90. The summed E-state index contributed by atoms with van der Waals surface area (Å²) in [4.78, 5) is 9.85. The third-order valence-electron chi connectivity index (χ3n) is 1.59. The monoisotopic (exact) mass is 216 g/mol. The molecule has 0 saturated carbocycles. The van der Waals surface area contributed by atoms with Crippen LogP contribution in [-0.2, 0) is 0 Å². The van der Waals surface area contributed by atoms with E-state index in [1.165, 1.54) is 18.2 Å². The van der Waals surface area contributed by atoms with E-state index < -0.39 is 4.92 Å². The Kier molecular flexibility index (Phi) is 3.67. The Morgan fingerprint density at radius 1 is 1.57 bits per heavy atom. The molecule has 2 N–H and O–H groups in total. The average Bonchev–Trinajstić information content (AvgIpc) is 2.15. The maximum atomic E-state index is 10.4. The van der Waals surface area contributed by atoms with Gasteiger partial charge in [-0.2, -0.15) is 0 Å². The molecule has 76 valence electrons. The van der Waals surface area contributed by atoms with Crippen LogP contribution >= 0.6 is 11.6 Å². The van der Waals surface area contributed by atoms with Crippen LogP contribution in [0, 0.1) is 10.1 Å². The van der Waals surface area contributed by atoms with Crippen LogP contribution in [-0.4, -0.2) is 23.2 Å². The number of hydrogen-bond acceptors (Lipinski definition) is 4. The fourth-order valence-electron chi connectivity index (χ4n) is 0.952. The van der Waals surface area contributed by atoms with Gasteiger partial charge >= 0.3 is 0 Å². The first-order valence-electron chi connectivity index (χ1n) is 3.94. The van der Waals surface area contributed by atoms with Gasteiger partial charge in [0.15, 0.2) is 0 Å². The van der Waals surface area contributed by atoms with Crippen LogP contribution in [0.15, 0.2) is 18.2 Å². The molecule has 0 amide bonds. The third kappa shape index (κ3) is 2.58. The second-order valence-corrected chi connectivity index (χ2v) is 2.98. The van der Waals surface area contributed by atoms with E-state index >= 15 is 0 Å². The normalized spacial score (nSPS) is 9.86. The molecule has 0 heterocycles. The molecule has 0 radical (unpaired) electrons. The summed E-state index contributed by atoms with van der Waals surface area (Å²) in [6, 6.07) is 4.13. The smallest absolute Gasteiger partial charge is 0.271 e. The van der Waals surface area contributed by atoms with Crippen LogP contribution in [0.4, 0.5) is 11.4 Å². The van der Waals surface area contributed by atoms with Crippen LogP contribution in [0.3, 0.4) is 0 Å². The molecule has 0 atom stereocenters. The van der Waals surface area contributed by atoms with Gasteiger partial charge < -0.3 is 10.4 Å². The number of rotatable bonds is 4. The summed E-state index contributed by atoms with van der Waals surface area (Å²) in [5.74, 6) is 0. The van der Waals surface area contributed by atoms with Gasteiger partial charge in [0.2, 0.25) is 0 Å². The number of halogens is 1. The number of aliphatic hydroxyl groups is 1. The fraction of sp³-hybridized carbons (Fsp3) is 0.250. The van der Waals surface area contributed by atoms with Crippen LogP contribution in [0.1, 0.15) is 0 Å².